The first kappa shape index (κ1) is 17.8. The predicted molar refractivity (Wildman–Crippen MR) is 82.7 cm³/mol. The van der Waals surface area contributed by atoms with Crippen LogP contribution >= 0.6 is 0 Å². The van der Waals surface area contributed by atoms with Crippen LogP contribution in [0, 0.1) is 5.82 Å². The molecule has 0 heterocycles. The summed E-state index contributed by atoms with van der Waals surface area (Å²) in [5.74, 6) is -1.36. The first-order valence-corrected chi connectivity index (χ1v) is 7.13. The zero-order chi connectivity index (χ0) is 16.6. The van der Waals surface area contributed by atoms with Crippen molar-refractivity contribution in [2.24, 2.45) is 0 Å². The summed E-state index contributed by atoms with van der Waals surface area (Å²) >= 11 is 0. The molecule has 120 valence electrons. The molecular weight excluding hydrogens is 287 g/mol. The molecule has 0 aromatic heterocycles. The summed E-state index contributed by atoms with van der Waals surface area (Å²) in [5, 5.41) is 15.1. The molecule has 6 heteroatoms. The lowest BCUT2D eigenvalue weighted by Gasteiger charge is -2.24. The predicted octanol–water partition coefficient (Wildman–Crippen LogP) is 1.99. The lowest BCUT2D eigenvalue weighted by molar-refractivity contribution is -0.118. The molecule has 1 rings (SSSR count). The van der Waals surface area contributed by atoms with E-state index in [9.17, 15) is 19.1 Å². The average molecular weight is 308 g/mol. The van der Waals surface area contributed by atoms with Crippen molar-refractivity contribution in [1.82, 2.24) is 5.32 Å². The van der Waals surface area contributed by atoms with Crippen LogP contribution in [0.4, 0.5) is 10.1 Å². The summed E-state index contributed by atoms with van der Waals surface area (Å²) in [6, 6.07) is 5.29. The molecule has 0 unspecified atom stereocenters. The largest absolute Gasteiger partial charge is 0.388 e. The van der Waals surface area contributed by atoms with Crippen molar-refractivity contribution in [3.05, 3.63) is 42.2 Å². The van der Waals surface area contributed by atoms with Gasteiger partial charge in [-0.25, -0.2) is 4.39 Å². The monoisotopic (exact) mass is 308 g/mol. The van der Waals surface area contributed by atoms with Crippen LogP contribution in [-0.2, 0) is 9.59 Å². The number of hydrogen-bond acceptors (Lipinski definition) is 3. The van der Waals surface area contributed by atoms with Crippen molar-refractivity contribution in [2.75, 3.05) is 11.9 Å². The summed E-state index contributed by atoms with van der Waals surface area (Å²) in [6.07, 6.45) is 3.22. The van der Waals surface area contributed by atoms with Crippen molar-refractivity contribution >= 4 is 17.5 Å². The van der Waals surface area contributed by atoms with E-state index in [4.69, 9.17) is 0 Å². The van der Waals surface area contributed by atoms with E-state index in [2.05, 4.69) is 10.6 Å². The Morgan fingerprint density at radius 2 is 1.68 bits per heavy atom. The number of anilines is 1. The molecule has 3 N–H and O–H groups in total. The molecule has 22 heavy (non-hydrogen) atoms. The Balaban J connectivity index is 2.44. The van der Waals surface area contributed by atoms with E-state index in [1.807, 2.05) is 13.8 Å². The Morgan fingerprint density at radius 3 is 2.23 bits per heavy atom. The maximum atomic E-state index is 12.7. The summed E-state index contributed by atoms with van der Waals surface area (Å²) < 4.78 is 12.7. The van der Waals surface area contributed by atoms with E-state index in [0.717, 1.165) is 12.2 Å². The van der Waals surface area contributed by atoms with Crippen LogP contribution in [-0.4, -0.2) is 29.1 Å². The minimum Gasteiger partial charge on any atom is -0.388 e. The number of benzene rings is 1. The van der Waals surface area contributed by atoms with E-state index < -0.39 is 23.2 Å². The maximum absolute atomic E-state index is 12.7. The van der Waals surface area contributed by atoms with Gasteiger partial charge < -0.3 is 15.7 Å². The smallest absolute Gasteiger partial charge is 0.248 e. The standard InChI is InChI=1S/C16H21FN2O3/c1-3-16(22,4-2)11-18-14(20)9-10-15(21)19-13-7-5-12(17)6-8-13/h5-10,22H,3-4,11H2,1-2H3,(H,18,20)(H,19,21)/b10-9+. The Bertz CT molecular complexity index is 537. The molecule has 0 bridgehead atoms. The van der Waals surface area contributed by atoms with E-state index in [1.54, 1.807) is 0 Å². The number of rotatable bonds is 7. The van der Waals surface area contributed by atoms with Gasteiger partial charge >= 0.3 is 0 Å². The molecule has 1 aromatic carbocycles. The van der Waals surface area contributed by atoms with Crippen LogP contribution < -0.4 is 10.6 Å². The second-order valence-electron chi connectivity index (χ2n) is 4.98. The molecule has 2 amide bonds. The highest BCUT2D eigenvalue weighted by Gasteiger charge is 2.22. The van der Waals surface area contributed by atoms with Crippen molar-refractivity contribution in [2.45, 2.75) is 32.3 Å². The van der Waals surface area contributed by atoms with Crippen LogP contribution in [0.2, 0.25) is 0 Å². The topological polar surface area (TPSA) is 78.4 Å². The molecule has 0 aliphatic heterocycles. The summed E-state index contributed by atoms with van der Waals surface area (Å²) in [7, 11) is 0. The number of amides is 2. The van der Waals surface area contributed by atoms with Crippen LogP contribution in [0.1, 0.15) is 26.7 Å². The number of halogens is 1. The Morgan fingerprint density at radius 1 is 1.14 bits per heavy atom. The van der Waals surface area contributed by atoms with Gasteiger partial charge in [-0.2, -0.15) is 0 Å². The fraction of sp³-hybridized carbons (Fsp3) is 0.375. The normalized spacial score (nSPS) is 11.5. The van der Waals surface area contributed by atoms with Gasteiger partial charge in [0.25, 0.3) is 0 Å². The van der Waals surface area contributed by atoms with Gasteiger partial charge in [-0.05, 0) is 37.1 Å². The number of hydrogen-bond donors (Lipinski definition) is 3. The van der Waals surface area contributed by atoms with Crippen molar-refractivity contribution in [3.63, 3.8) is 0 Å². The quantitative estimate of drug-likeness (QED) is 0.674. The first-order chi connectivity index (χ1) is 10.4. The summed E-state index contributed by atoms with van der Waals surface area (Å²) in [4.78, 5) is 23.2. The molecule has 0 saturated carbocycles. The lowest BCUT2D eigenvalue weighted by Crippen LogP contribution is -2.41. The molecule has 0 aliphatic rings. The van der Waals surface area contributed by atoms with E-state index in [1.165, 1.54) is 24.3 Å². The number of nitrogens with one attached hydrogen (secondary N) is 2. The van der Waals surface area contributed by atoms with Crippen LogP contribution in [0.25, 0.3) is 0 Å². The van der Waals surface area contributed by atoms with E-state index >= 15 is 0 Å². The third kappa shape index (κ3) is 6.05. The molecule has 0 fully saturated rings. The van der Waals surface area contributed by atoms with E-state index in [0.29, 0.717) is 18.5 Å². The van der Waals surface area contributed by atoms with Gasteiger partial charge in [-0.1, -0.05) is 13.8 Å². The van der Waals surface area contributed by atoms with Crippen LogP contribution in [0.5, 0.6) is 0 Å². The highest BCUT2D eigenvalue weighted by molar-refractivity contribution is 6.03. The molecule has 0 aliphatic carbocycles. The van der Waals surface area contributed by atoms with Gasteiger partial charge in [0.1, 0.15) is 5.82 Å². The summed E-state index contributed by atoms with van der Waals surface area (Å²) in [6.45, 7) is 3.80. The van der Waals surface area contributed by atoms with Gasteiger partial charge in [0.05, 0.1) is 5.60 Å². The van der Waals surface area contributed by atoms with E-state index in [-0.39, 0.29) is 6.54 Å². The molecule has 0 atom stereocenters. The minimum atomic E-state index is -0.931. The van der Waals surface area contributed by atoms with Crippen molar-refractivity contribution < 1.29 is 19.1 Å². The number of aliphatic hydroxyl groups is 1. The average Bonchev–Trinajstić information content (AvgIpc) is 2.53. The van der Waals surface area contributed by atoms with Crippen molar-refractivity contribution in [3.8, 4) is 0 Å². The fourth-order valence-corrected chi connectivity index (χ4v) is 1.68. The number of carbonyl (C=O) groups is 2. The van der Waals surface area contributed by atoms with Gasteiger partial charge in [-0.3, -0.25) is 9.59 Å². The van der Waals surface area contributed by atoms with Gasteiger partial charge in [0, 0.05) is 24.4 Å². The molecule has 1 aromatic rings. The number of carbonyl (C=O) groups excluding carboxylic acids is 2. The third-order valence-corrected chi connectivity index (χ3v) is 3.41. The SMILES string of the molecule is CCC(O)(CC)CNC(=O)/C=C/C(=O)Nc1ccc(F)cc1. The molecule has 5 nitrogen and oxygen atoms in total. The second kappa shape index (κ2) is 8.29. The van der Waals surface area contributed by atoms with Gasteiger partial charge in [0.15, 0.2) is 0 Å². The first-order valence-electron chi connectivity index (χ1n) is 7.13. The van der Waals surface area contributed by atoms with Gasteiger partial charge in [0.2, 0.25) is 11.8 Å². The molecular formula is C16H21FN2O3. The Hall–Kier alpha value is -2.21. The van der Waals surface area contributed by atoms with Crippen LogP contribution in [0.3, 0.4) is 0 Å². The summed E-state index contributed by atoms with van der Waals surface area (Å²) in [5.41, 5.74) is -0.498. The maximum Gasteiger partial charge on any atom is 0.248 e. The zero-order valence-corrected chi connectivity index (χ0v) is 12.7. The zero-order valence-electron chi connectivity index (χ0n) is 12.7. The van der Waals surface area contributed by atoms with Gasteiger partial charge in [-0.15, -0.1) is 0 Å². The minimum absolute atomic E-state index is 0.128. The second-order valence-corrected chi connectivity index (χ2v) is 4.98. The third-order valence-electron chi connectivity index (χ3n) is 3.41. The van der Waals surface area contributed by atoms with Crippen LogP contribution in [0.15, 0.2) is 36.4 Å². The highest BCUT2D eigenvalue weighted by atomic mass is 19.1. The van der Waals surface area contributed by atoms with Crippen molar-refractivity contribution in [1.29, 1.82) is 0 Å². The molecule has 0 radical (unpaired) electrons. The highest BCUT2D eigenvalue weighted by Crippen LogP contribution is 2.12. The molecule has 0 saturated heterocycles. The fourth-order valence-electron chi connectivity index (χ4n) is 1.68. The lowest BCUT2D eigenvalue weighted by atomic mass is 9.98. The Labute approximate surface area is 129 Å². The Kier molecular flexibility index (Phi) is 6.72. The molecule has 0 spiro atoms.